The number of anilines is 4. The van der Waals surface area contributed by atoms with Crippen LogP contribution in [0.1, 0.15) is 65.8 Å². The van der Waals surface area contributed by atoms with Gasteiger partial charge in [-0.25, -0.2) is 19.2 Å². The van der Waals surface area contributed by atoms with Crippen LogP contribution >= 0.6 is 92.8 Å². The van der Waals surface area contributed by atoms with Gasteiger partial charge < -0.3 is 77.8 Å². The predicted octanol–water partition coefficient (Wildman–Crippen LogP) is 15.6. The number of carbonyl (C=O) groups excluding carboxylic acids is 6. The number of esters is 2. The molecule has 2 N–H and O–H groups in total. The standard InChI is InChI=1S/2C24H26Cl2N4O5.2C22H22Cl2N4O5.7CH4/c1-3-35-23(32)15-30-19-7-4-16(25)12-20(19)29(24(30)33)14-22(31)28-10-8-27(9-11-28)17-5-6-18(26)21(13-17)34-2;1-3-35-23(32)15-30-20-12-16(25)4-7-19(20)29(24(30)33)14-22(31)28-10-8-27(9-11-28)17-5-6-18(26)21(13-17)34-2;1-33-19-11-15(3-4-16(19)24)25-6-8-26(9-7-25)20(29)12-27-18-10-14(23)2-5-17(18)28(22(27)32)13-21(30)31;1-33-19-11-15(3-4-16(19)24)25-6-8-26(9-7-25)20(29)12-27-17-5-2-14(23)10-18(17)28(22(27)32)13-21(30)31;;;;;;;/h2*4-7,12-13H,3,8-11,14-15H2,1-2H3;2*2-5,10-11H,6-9,12-13H2,1H3,(H,30,31);7*1H4. The number of ether oxygens (including phenoxy) is 6. The van der Waals surface area contributed by atoms with Crippen molar-refractivity contribution in [1.82, 2.24) is 56.1 Å². The normalized spacial score (nSPS) is 13.2. The molecule has 0 aliphatic carbocycles. The van der Waals surface area contributed by atoms with Crippen molar-refractivity contribution in [2.45, 2.75) is 118 Å². The average molecular weight is 2140 g/mol. The zero-order valence-electron chi connectivity index (χ0n) is 74.7. The summed E-state index contributed by atoms with van der Waals surface area (Å²) in [5.41, 5.74) is 5.49. The summed E-state index contributed by atoms with van der Waals surface area (Å²) in [7, 11) is 6.26. The zero-order chi connectivity index (χ0) is 97.6. The van der Waals surface area contributed by atoms with Crippen LogP contribution < -0.4 is 61.3 Å². The molecule has 4 aliphatic heterocycles. The van der Waals surface area contributed by atoms with Crippen molar-refractivity contribution in [1.29, 1.82) is 0 Å². The van der Waals surface area contributed by atoms with Crippen LogP contribution in [0.3, 0.4) is 0 Å². The smallest absolute Gasteiger partial charge is 0.330 e. The van der Waals surface area contributed by atoms with Crippen molar-refractivity contribution in [2.24, 2.45) is 0 Å². The number of nitrogens with zero attached hydrogens (tertiary/aromatic N) is 16. The topological polar surface area (TPSA) is 366 Å². The minimum Gasteiger partial charge on any atom is -0.495 e. The largest absolute Gasteiger partial charge is 0.495 e. The fourth-order valence-electron chi connectivity index (χ4n) is 16.5. The Hall–Kier alpha value is -12.7. The molecule has 4 fully saturated rings. The van der Waals surface area contributed by atoms with Crippen LogP contribution in [0, 0.1) is 0 Å². The molecule has 776 valence electrons. The van der Waals surface area contributed by atoms with E-state index in [0.717, 1.165) is 31.9 Å². The minimum absolute atomic E-state index is 0. The van der Waals surface area contributed by atoms with Crippen molar-refractivity contribution in [3.63, 3.8) is 0 Å². The first-order valence-electron chi connectivity index (χ1n) is 42.9. The second kappa shape index (κ2) is 53.6. The van der Waals surface area contributed by atoms with E-state index in [1.165, 1.54) is 33.5 Å². The monoisotopic (exact) mass is 2140 g/mol. The van der Waals surface area contributed by atoms with Crippen molar-refractivity contribution in [2.75, 3.05) is 166 Å². The number of aliphatic carboxylic acids is 2. The third-order valence-corrected chi connectivity index (χ3v) is 25.6. The van der Waals surface area contributed by atoms with Gasteiger partial charge in [0.05, 0.1) is 106 Å². The number of piperazine rings is 4. The van der Waals surface area contributed by atoms with Crippen LogP contribution in [-0.4, -0.2) is 260 Å². The number of aromatic nitrogens is 8. The summed E-state index contributed by atoms with van der Waals surface area (Å²) in [4.78, 5) is 166. The third kappa shape index (κ3) is 28.1. The van der Waals surface area contributed by atoms with Gasteiger partial charge in [0, 0.05) is 172 Å². The molecular weight excluding hydrogens is 2020 g/mol. The SMILES string of the molecule is C.C.C.C.C.C.C.CCOC(=O)Cn1c(=O)n(CC(=O)N2CCN(c3ccc(Cl)c(OC)c3)CC2)c2cc(Cl)ccc21.CCOC(=O)Cn1c(=O)n(CC(=O)N2CCN(c3ccc(Cl)c(OC)c3)CC2)c2ccc(Cl)cc21.COc1cc(N2CCN(C(=O)Cn3c(=O)n(CC(=O)O)c4cc(Cl)ccc43)CC2)ccc1Cl.COc1cc(N2CCN(C(=O)Cn3c(=O)n(CC(=O)O)c4ccc(Cl)cc43)CC2)ccc1Cl. The van der Waals surface area contributed by atoms with Crippen LogP contribution in [0.4, 0.5) is 22.7 Å². The maximum absolute atomic E-state index is 13.2. The van der Waals surface area contributed by atoms with E-state index >= 15 is 0 Å². The quantitative estimate of drug-likeness (QED) is 0.0475. The van der Waals surface area contributed by atoms with E-state index in [-0.39, 0.29) is 128 Å². The molecule has 0 bridgehead atoms. The second-order valence-electron chi connectivity index (χ2n) is 31.5. The first-order valence-corrected chi connectivity index (χ1v) is 46.0. The Morgan fingerprint density at radius 3 is 0.650 bits per heavy atom. The van der Waals surface area contributed by atoms with Crippen molar-refractivity contribution in [3.8, 4) is 23.0 Å². The summed E-state index contributed by atoms with van der Waals surface area (Å²) in [6.07, 6.45) is 0. The Kier molecular flexibility index (Phi) is 44.6. The summed E-state index contributed by atoms with van der Waals surface area (Å²) < 4.78 is 41.3. The lowest BCUT2D eigenvalue weighted by atomic mass is 10.2. The lowest BCUT2D eigenvalue weighted by molar-refractivity contribution is -0.144. The summed E-state index contributed by atoms with van der Waals surface area (Å²) in [5.74, 6) is -1.78. The predicted molar refractivity (Wildman–Crippen MR) is 568 cm³/mol. The van der Waals surface area contributed by atoms with Crippen LogP contribution in [0.2, 0.25) is 40.2 Å². The molecule has 8 heterocycles. The number of carbonyl (C=O) groups is 8. The van der Waals surface area contributed by atoms with Gasteiger partial charge in [-0.2, -0.15) is 0 Å². The molecule has 44 heteroatoms. The maximum atomic E-state index is 13.2. The maximum Gasteiger partial charge on any atom is 0.330 e. The summed E-state index contributed by atoms with van der Waals surface area (Å²) >= 11 is 48.9. The van der Waals surface area contributed by atoms with Crippen LogP contribution in [0.5, 0.6) is 23.0 Å². The molecule has 0 spiro atoms. The Labute approximate surface area is 869 Å². The first kappa shape index (κ1) is 119. The molecule has 4 saturated heterocycles. The third-order valence-electron chi connectivity index (χ3n) is 23.4. The second-order valence-corrected chi connectivity index (χ2v) is 34.9. The molecule has 0 unspecified atom stereocenters. The van der Waals surface area contributed by atoms with E-state index in [1.54, 1.807) is 153 Å². The molecule has 8 aromatic carbocycles. The molecule has 16 rings (SSSR count). The highest BCUT2D eigenvalue weighted by Gasteiger charge is 2.32. The lowest BCUT2D eigenvalue weighted by Crippen LogP contribution is -2.50. The Balaban J connectivity index is 0.000000287. The Morgan fingerprint density at radius 2 is 0.448 bits per heavy atom. The Bertz CT molecular complexity index is 6770. The van der Waals surface area contributed by atoms with Crippen molar-refractivity contribution in [3.05, 3.63) is 228 Å². The summed E-state index contributed by atoms with van der Waals surface area (Å²) in [6, 6.07) is 41.6. The fraction of sp³-hybridized carbons (Fsp3) is 0.394. The number of rotatable bonds is 26. The van der Waals surface area contributed by atoms with Crippen LogP contribution in [-0.2, 0) is 100 Å². The van der Waals surface area contributed by atoms with Gasteiger partial charge in [-0.15, -0.1) is 0 Å². The molecule has 4 amide bonds. The molecule has 36 nitrogen and oxygen atoms in total. The molecule has 143 heavy (non-hydrogen) atoms. The van der Waals surface area contributed by atoms with E-state index in [1.807, 2.05) is 48.5 Å². The molecule has 4 aromatic heterocycles. The highest BCUT2D eigenvalue weighted by molar-refractivity contribution is 6.34. The summed E-state index contributed by atoms with van der Waals surface area (Å²) in [5, 5.41) is 22.1. The van der Waals surface area contributed by atoms with Crippen LogP contribution in [0.15, 0.2) is 165 Å². The summed E-state index contributed by atoms with van der Waals surface area (Å²) in [6.45, 7) is 10.5. The van der Waals surface area contributed by atoms with Gasteiger partial charge in [-0.05, 0) is 135 Å². The number of fused-ring (bicyclic) bond motifs is 4. The van der Waals surface area contributed by atoms with Gasteiger partial charge in [-0.1, -0.05) is 145 Å². The number of methoxy groups -OCH3 is 4. The fourth-order valence-corrected chi connectivity index (χ4v) is 18.0. The van der Waals surface area contributed by atoms with E-state index in [4.69, 9.17) is 121 Å². The number of amides is 4. The van der Waals surface area contributed by atoms with Gasteiger partial charge in [0.1, 0.15) is 75.4 Å². The van der Waals surface area contributed by atoms with E-state index in [2.05, 4.69) is 19.6 Å². The number of hydrogen-bond acceptors (Lipinski definition) is 22. The average Bonchev–Trinajstić information content (AvgIpc) is 1.63. The minimum atomic E-state index is -1.16. The zero-order valence-corrected chi connectivity index (χ0v) is 80.7. The first-order chi connectivity index (χ1) is 65.2. The number of halogens is 8. The van der Waals surface area contributed by atoms with Crippen molar-refractivity contribution >= 4 is 207 Å². The van der Waals surface area contributed by atoms with Gasteiger partial charge in [0.15, 0.2) is 0 Å². The highest BCUT2D eigenvalue weighted by atomic mass is 35.5. The molecule has 12 aromatic rings. The highest BCUT2D eigenvalue weighted by Crippen LogP contribution is 2.36. The number of benzene rings is 8. The van der Waals surface area contributed by atoms with Gasteiger partial charge in [-0.3, -0.25) is 74.9 Å². The molecule has 4 aliphatic rings. The molecule has 0 radical (unpaired) electrons. The number of hydrogen-bond donors (Lipinski definition) is 2. The van der Waals surface area contributed by atoms with Crippen LogP contribution in [0.25, 0.3) is 44.1 Å². The molecular formula is C99H124Cl8N16O20. The number of imidazole rings is 4. The van der Waals surface area contributed by atoms with Crippen molar-refractivity contribution < 1.29 is 77.0 Å². The Morgan fingerprint density at radius 1 is 0.259 bits per heavy atom. The number of carboxylic acids is 2. The van der Waals surface area contributed by atoms with E-state index < -0.39 is 59.7 Å². The van der Waals surface area contributed by atoms with E-state index in [9.17, 15) is 67.7 Å². The lowest BCUT2D eigenvalue weighted by Gasteiger charge is -2.36. The van der Waals surface area contributed by atoms with Gasteiger partial charge in [0.2, 0.25) is 23.6 Å². The molecule has 0 saturated carbocycles. The van der Waals surface area contributed by atoms with Gasteiger partial charge in [0.25, 0.3) is 0 Å². The van der Waals surface area contributed by atoms with E-state index in [0.29, 0.717) is 212 Å². The number of carboxylic acid groups (broad SMARTS) is 2. The molecule has 0 atom stereocenters. The van der Waals surface area contributed by atoms with Gasteiger partial charge >= 0.3 is 46.6 Å².